The van der Waals surface area contributed by atoms with Gasteiger partial charge in [0.05, 0.1) is 24.3 Å². The van der Waals surface area contributed by atoms with Crippen molar-refractivity contribution in [2.75, 3.05) is 7.11 Å². The number of hydrogen-bond donors (Lipinski definition) is 1. The fraction of sp³-hybridized carbons (Fsp3) is 0.200. The smallest absolute Gasteiger partial charge is 0.338 e. The van der Waals surface area contributed by atoms with Crippen molar-refractivity contribution in [1.82, 2.24) is 0 Å². The fourth-order valence-corrected chi connectivity index (χ4v) is 1.80. The van der Waals surface area contributed by atoms with E-state index >= 15 is 0 Å². The molecule has 0 amide bonds. The highest BCUT2D eigenvalue weighted by molar-refractivity contribution is 9.08. The number of carbonyl (C=O) groups excluding carboxylic acids is 1. The second kappa shape index (κ2) is 4.80. The molecule has 0 bridgehead atoms. The highest BCUT2D eigenvalue weighted by Crippen LogP contribution is 2.24. The quantitative estimate of drug-likeness (QED) is 0.658. The van der Waals surface area contributed by atoms with Gasteiger partial charge in [-0.05, 0) is 17.7 Å². The van der Waals surface area contributed by atoms with E-state index in [1.54, 1.807) is 0 Å². The number of phenols is 1. The van der Waals surface area contributed by atoms with Crippen LogP contribution in [0, 0.1) is 11.3 Å². The molecule has 0 fully saturated rings. The van der Waals surface area contributed by atoms with Crippen LogP contribution in [0.1, 0.15) is 21.5 Å². The normalized spacial score (nSPS) is 9.40. The number of aromatic hydroxyl groups is 1. The molecule has 78 valence electrons. The minimum atomic E-state index is -0.572. The Bertz CT molecular complexity index is 437. The van der Waals surface area contributed by atoms with E-state index in [1.165, 1.54) is 19.2 Å². The van der Waals surface area contributed by atoms with Gasteiger partial charge >= 0.3 is 5.97 Å². The minimum Gasteiger partial charge on any atom is -0.508 e. The van der Waals surface area contributed by atoms with Gasteiger partial charge < -0.3 is 9.84 Å². The van der Waals surface area contributed by atoms with E-state index < -0.39 is 5.97 Å². The zero-order valence-corrected chi connectivity index (χ0v) is 9.54. The van der Waals surface area contributed by atoms with E-state index in [0.717, 1.165) is 0 Å². The van der Waals surface area contributed by atoms with E-state index in [9.17, 15) is 9.90 Å². The Kier molecular flexibility index (Phi) is 3.69. The average Bonchev–Trinajstić information content (AvgIpc) is 2.26. The third-order valence-electron chi connectivity index (χ3n) is 1.89. The molecule has 0 spiro atoms. The minimum absolute atomic E-state index is 0.128. The van der Waals surface area contributed by atoms with Gasteiger partial charge in [-0.25, -0.2) is 4.79 Å². The molecule has 4 nitrogen and oxygen atoms in total. The number of benzene rings is 1. The number of halogens is 1. The lowest BCUT2D eigenvalue weighted by Crippen LogP contribution is -2.06. The number of nitrogens with zero attached hydrogens (tertiary/aromatic N) is 1. The van der Waals surface area contributed by atoms with Gasteiger partial charge in [-0.1, -0.05) is 15.9 Å². The molecule has 0 saturated heterocycles. The predicted octanol–water partition coefficient (Wildman–Crippen LogP) is 1.95. The molecule has 0 radical (unpaired) electrons. The van der Waals surface area contributed by atoms with Gasteiger partial charge in [-0.15, -0.1) is 0 Å². The highest BCUT2D eigenvalue weighted by Gasteiger charge is 2.16. The zero-order chi connectivity index (χ0) is 11.4. The van der Waals surface area contributed by atoms with Crippen molar-refractivity contribution >= 4 is 21.9 Å². The first kappa shape index (κ1) is 11.5. The molecule has 0 aliphatic rings. The van der Waals surface area contributed by atoms with Gasteiger partial charge in [0.2, 0.25) is 0 Å². The van der Waals surface area contributed by atoms with Crippen molar-refractivity contribution in [3.05, 3.63) is 28.8 Å². The maximum atomic E-state index is 11.3. The molecule has 0 heterocycles. The fourth-order valence-electron chi connectivity index (χ4n) is 1.19. The monoisotopic (exact) mass is 269 g/mol. The number of rotatable bonds is 2. The van der Waals surface area contributed by atoms with Gasteiger partial charge in [0.25, 0.3) is 0 Å². The summed E-state index contributed by atoms with van der Waals surface area (Å²) in [5.74, 6) is -0.700. The van der Waals surface area contributed by atoms with Crippen LogP contribution in [0.15, 0.2) is 12.1 Å². The molecular formula is C10H8BrNO3. The number of alkyl halides is 1. The van der Waals surface area contributed by atoms with Crippen LogP contribution in [0.3, 0.4) is 0 Å². The average molecular weight is 270 g/mol. The summed E-state index contributed by atoms with van der Waals surface area (Å²) < 4.78 is 4.55. The van der Waals surface area contributed by atoms with Crippen molar-refractivity contribution < 1.29 is 14.6 Å². The Morgan fingerprint density at radius 3 is 2.80 bits per heavy atom. The van der Waals surface area contributed by atoms with Crippen molar-refractivity contribution in [3.8, 4) is 11.8 Å². The van der Waals surface area contributed by atoms with Gasteiger partial charge in [0.1, 0.15) is 5.75 Å². The molecular weight excluding hydrogens is 262 g/mol. The number of hydrogen-bond acceptors (Lipinski definition) is 4. The lowest BCUT2D eigenvalue weighted by atomic mass is 10.0. The largest absolute Gasteiger partial charge is 0.508 e. The van der Waals surface area contributed by atoms with E-state index in [1.807, 2.05) is 6.07 Å². The summed E-state index contributed by atoms with van der Waals surface area (Å²) in [4.78, 5) is 11.3. The Balaban J connectivity index is 3.43. The van der Waals surface area contributed by atoms with E-state index in [0.29, 0.717) is 10.9 Å². The van der Waals surface area contributed by atoms with Crippen molar-refractivity contribution in [2.24, 2.45) is 0 Å². The third-order valence-corrected chi connectivity index (χ3v) is 2.45. The first-order chi connectivity index (χ1) is 7.13. The molecule has 0 unspecified atom stereocenters. The van der Waals surface area contributed by atoms with Crippen LogP contribution in [0.5, 0.6) is 5.75 Å². The molecule has 0 aliphatic heterocycles. The number of methoxy groups -OCH3 is 1. The van der Waals surface area contributed by atoms with Crippen molar-refractivity contribution in [2.45, 2.75) is 5.33 Å². The zero-order valence-electron chi connectivity index (χ0n) is 7.95. The first-order valence-electron chi connectivity index (χ1n) is 4.04. The Hall–Kier alpha value is -1.54. The van der Waals surface area contributed by atoms with Gasteiger partial charge in [0, 0.05) is 5.33 Å². The molecule has 5 heteroatoms. The second-order valence-electron chi connectivity index (χ2n) is 2.76. The Morgan fingerprint density at radius 1 is 1.67 bits per heavy atom. The molecule has 1 N–H and O–H groups in total. The van der Waals surface area contributed by atoms with Crippen molar-refractivity contribution in [3.63, 3.8) is 0 Å². The van der Waals surface area contributed by atoms with Crippen molar-refractivity contribution in [1.29, 1.82) is 5.26 Å². The molecule has 0 aromatic heterocycles. The molecule has 1 aromatic carbocycles. The summed E-state index contributed by atoms with van der Waals surface area (Å²) >= 11 is 3.18. The van der Waals surface area contributed by atoms with E-state index in [-0.39, 0.29) is 16.9 Å². The topological polar surface area (TPSA) is 70.3 Å². The summed E-state index contributed by atoms with van der Waals surface area (Å²) in [7, 11) is 1.25. The predicted molar refractivity (Wildman–Crippen MR) is 56.8 cm³/mol. The number of phenolic OH excluding ortho intramolecular Hbond substituents is 1. The van der Waals surface area contributed by atoms with E-state index in [2.05, 4.69) is 20.7 Å². The maximum absolute atomic E-state index is 11.3. The van der Waals surface area contributed by atoms with Crippen LogP contribution >= 0.6 is 15.9 Å². The molecule has 0 atom stereocenters. The molecule has 0 aliphatic carbocycles. The highest BCUT2D eigenvalue weighted by atomic mass is 79.9. The molecule has 15 heavy (non-hydrogen) atoms. The molecule has 0 saturated carbocycles. The summed E-state index contributed by atoms with van der Waals surface area (Å²) in [6.07, 6.45) is 0. The Morgan fingerprint density at radius 2 is 2.33 bits per heavy atom. The summed E-state index contributed by atoms with van der Waals surface area (Å²) in [5, 5.41) is 18.5. The molecule has 1 rings (SSSR count). The second-order valence-corrected chi connectivity index (χ2v) is 3.32. The number of esters is 1. The SMILES string of the molecule is COC(=O)c1cc(O)cc(C#N)c1CBr. The standard InChI is InChI=1S/C10H8BrNO3/c1-15-10(14)8-3-7(13)2-6(5-12)9(8)4-11/h2-3,13H,4H2,1H3. The van der Waals surface area contributed by atoms with Crippen LogP contribution in [0.4, 0.5) is 0 Å². The van der Waals surface area contributed by atoms with Crippen LogP contribution in [-0.4, -0.2) is 18.2 Å². The van der Waals surface area contributed by atoms with Crippen LogP contribution in [0.25, 0.3) is 0 Å². The van der Waals surface area contributed by atoms with Crippen LogP contribution in [0.2, 0.25) is 0 Å². The first-order valence-corrected chi connectivity index (χ1v) is 5.16. The lowest BCUT2D eigenvalue weighted by molar-refractivity contribution is 0.0599. The lowest BCUT2D eigenvalue weighted by Gasteiger charge is -2.07. The van der Waals surface area contributed by atoms with Gasteiger partial charge in [0.15, 0.2) is 0 Å². The third kappa shape index (κ3) is 2.28. The maximum Gasteiger partial charge on any atom is 0.338 e. The van der Waals surface area contributed by atoms with Gasteiger partial charge in [-0.2, -0.15) is 5.26 Å². The van der Waals surface area contributed by atoms with E-state index in [4.69, 9.17) is 5.26 Å². The molecule has 1 aromatic rings. The van der Waals surface area contributed by atoms with Gasteiger partial charge in [-0.3, -0.25) is 0 Å². The van der Waals surface area contributed by atoms with Crippen LogP contribution in [-0.2, 0) is 10.1 Å². The number of nitriles is 1. The summed E-state index contributed by atoms with van der Waals surface area (Å²) in [6, 6.07) is 4.50. The van der Waals surface area contributed by atoms with Crippen LogP contribution < -0.4 is 0 Å². The summed E-state index contributed by atoms with van der Waals surface area (Å²) in [5.41, 5.74) is 0.973. The Labute approximate surface area is 95.2 Å². The number of carbonyl (C=O) groups is 1. The number of ether oxygens (including phenoxy) is 1. The summed E-state index contributed by atoms with van der Waals surface area (Å²) in [6.45, 7) is 0.